The van der Waals surface area contributed by atoms with Crippen molar-refractivity contribution >= 4 is 39.5 Å². The molecular formula is C18H22N4O2S. The number of carbonyl (C=O) groups is 1. The molecule has 0 unspecified atom stereocenters. The maximum atomic E-state index is 12.1. The number of hydrogen-bond donors (Lipinski definition) is 3. The Labute approximate surface area is 150 Å². The molecule has 1 aliphatic rings. The molecular weight excluding hydrogens is 336 g/mol. The van der Waals surface area contributed by atoms with Crippen LogP contribution in [-0.4, -0.2) is 35.1 Å². The Bertz CT molecular complexity index is 825. The average molecular weight is 358 g/mol. The Hall–Kier alpha value is -2.25. The van der Waals surface area contributed by atoms with Gasteiger partial charge in [0.15, 0.2) is 0 Å². The Balaban J connectivity index is 1.69. The van der Waals surface area contributed by atoms with Crippen molar-refractivity contribution in [3.05, 3.63) is 35.0 Å². The lowest BCUT2D eigenvalue weighted by molar-refractivity contribution is -0.115. The molecule has 3 rings (SSSR count). The van der Waals surface area contributed by atoms with Crippen LogP contribution < -0.4 is 10.6 Å². The quantitative estimate of drug-likeness (QED) is 0.692. The zero-order valence-electron chi connectivity index (χ0n) is 14.3. The molecule has 2 aromatic rings. The van der Waals surface area contributed by atoms with Crippen LogP contribution in [0.25, 0.3) is 16.3 Å². The first-order chi connectivity index (χ1) is 12.0. The minimum absolute atomic E-state index is 0.0977. The summed E-state index contributed by atoms with van der Waals surface area (Å²) in [5.41, 5.74) is 4.16. The number of fused-ring (bicyclic) bond motifs is 1. The number of aliphatic hydroxyl groups is 1. The van der Waals surface area contributed by atoms with Gasteiger partial charge >= 0.3 is 0 Å². The van der Waals surface area contributed by atoms with Gasteiger partial charge in [-0.05, 0) is 36.1 Å². The number of aromatic nitrogens is 1. The van der Waals surface area contributed by atoms with Crippen LogP contribution in [0.4, 0.5) is 0 Å². The van der Waals surface area contributed by atoms with Gasteiger partial charge in [0.25, 0.3) is 5.91 Å². The molecule has 132 valence electrons. The van der Waals surface area contributed by atoms with E-state index in [0.29, 0.717) is 24.1 Å². The Kier molecular flexibility index (Phi) is 5.45. The summed E-state index contributed by atoms with van der Waals surface area (Å²) in [7, 11) is 0. The van der Waals surface area contributed by atoms with Crippen molar-refractivity contribution in [3.8, 4) is 0 Å². The molecule has 2 heterocycles. The van der Waals surface area contributed by atoms with Crippen LogP contribution in [0.2, 0.25) is 0 Å². The van der Waals surface area contributed by atoms with Crippen molar-refractivity contribution < 1.29 is 9.90 Å². The van der Waals surface area contributed by atoms with Crippen LogP contribution >= 0.6 is 11.3 Å². The van der Waals surface area contributed by atoms with E-state index in [0.717, 1.165) is 22.2 Å². The Morgan fingerprint density at radius 1 is 1.36 bits per heavy atom. The first kappa shape index (κ1) is 17.6. The van der Waals surface area contributed by atoms with Crippen LogP contribution in [0.3, 0.4) is 0 Å². The highest BCUT2D eigenvalue weighted by molar-refractivity contribution is 7.16. The second kappa shape index (κ2) is 7.76. The Morgan fingerprint density at radius 2 is 2.20 bits per heavy atom. The van der Waals surface area contributed by atoms with Gasteiger partial charge in [-0.15, -0.1) is 11.3 Å². The number of nitrogens with one attached hydrogen (secondary N) is 2. The number of guanidine groups is 1. The van der Waals surface area contributed by atoms with E-state index in [1.807, 2.05) is 23.7 Å². The van der Waals surface area contributed by atoms with Crippen molar-refractivity contribution in [3.63, 3.8) is 0 Å². The monoisotopic (exact) mass is 358 g/mol. The van der Waals surface area contributed by atoms with E-state index in [4.69, 9.17) is 0 Å². The van der Waals surface area contributed by atoms with Crippen LogP contribution in [-0.2, 0) is 4.79 Å². The predicted molar refractivity (Wildman–Crippen MR) is 101 cm³/mol. The summed E-state index contributed by atoms with van der Waals surface area (Å²) < 4.78 is 1.08. The number of carbonyl (C=O) groups excluding carboxylic acids is 1. The molecule has 0 radical (unpaired) electrons. The number of amides is 1. The largest absolute Gasteiger partial charge is 0.396 e. The molecule has 1 aromatic carbocycles. The van der Waals surface area contributed by atoms with E-state index in [1.165, 1.54) is 0 Å². The predicted octanol–water partition coefficient (Wildman–Crippen LogP) is 2.37. The fourth-order valence-electron chi connectivity index (χ4n) is 2.79. The van der Waals surface area contributed by atoms with Crippen LogP contribution in [0, 0.1) is 11.8 Å². The van der Waals surface area contributed by atoms with Crippen LogP contribution in [0.5, 0.6) is 0 Å². The first-order valence-electron chi connectivity index (χ1n) is 8.33. The first-order valence-corrected chi connectivity index (χ1v) is 9.21. The number of aliphatic imine (C=N–C) groups is 1. The molecule has 0 saturated carbocycles. The van der Waals surface area contributed by atoms with E-state index in [9.17, 15) is 9.90 Å². The topological polar surface area (TPSA) is 86.6 Å². The molecule has 1 atom stereocenters. The van der Waals surface area contributed by atoms with Gasteiger partial charge in [-0.3, -0.25) is 15.1 Å². The SMILES string of the molecule is CC(C)C[C@H](CO)CN=C1NC(=O)/C(=C/c2ccc3ncsc3c2)N1. The van der Waals surface area contributed by atoms with Gasteiger partial charge in [0.2, 0.25) is 5.96 Å². The molecule has 25 heavy (non-hydrogen) atoms. The highest BCUT2D eigenvalue weighted by Gasteiger charge is 2.22. The minimum Gasteiger partial charge on any atom is -0.396 e. The number of thiazole rings is 1. The zero-order chi connectivity index (χ0) is 17.8. The Morgan fingerprint density at radius 3 is 2.96 bits per heavy atom. The normalized spacial score (nSPS) is 19.0. The summed E-state index contributed by atoms with van der Waals surface area (Å²) in [4.78, 5) is 20.8. The van der Waals surface area contributed by atoms with Gasteiger partial charge in [-0.2, -0.15) is 0 Å². The van der Waals surface area contributed by atoms with E-state index in [2.05, 4.69) is 34.5 Å². The molecule has 1 aliphatic heterocycles. The third kappa shape index (κ3) is 4.43. The molecule has 0 spiro atoms. The summed E-state index contributed by atoms with van der Waals surface area (Å²) in [5, 5.41) is 15.2. The molecule has 3 N–H and O–H groups in total. The molecule has 1 amide bonds. The fraction of sp³-hybridized carbons (Fsp3) is 0.389. The van der Waals surface area contributed by atoms with Gasteiger partial charge in [0.1, 0.15) is 5.70 Å². The fourth-order valence-corrected chi connectivity index (χ4v) is 3.52. The zero-order valence-corrected chi connectivity index (χ0v) is 15.1. The van der Waals surface area contributed by atoms with E-state index >= 15 is 0 Å². The number of nitrogens with zero attached hydrogens (tertiary/aromatic N) is 2. The van der Waals surface area contributed by atoms with E-state index < -0.39 is 0 Å². The molecule has 0 aliphatic carbocycles. The number of benzene rings is 1. The van der Waals surface area contributed by atoms with Crippen LogP contribution in [0.15, 0.2) is 34.4 Å². The summed E-state index contributed by atoms with van der Waals surface area (Å²) in [5.74, 6) is 0.846. The third-order valence-corrected chi connectivity index (χ3v) is 4.76. The van der Waals surface area contributed by atoms with Crippen LogP contribution in [0.1, 0.15) is 25.8 Å². The second-order valence-corrected chi connectivity index (χ2v) is 7.47. The molecule has 6 nitrogen and oxygen atoms in total. The summed E-state index contributed by atoms with van der Waals surface area (Å²) in [6.07, 6.45) is 2.70. The molecule has 0 bridgehead atoms. The van der Waals surface area contributed by atoms with Gasteiger partial charge < -0.3 is 10.4 Å². The minimum atomic E-state index is -0.201. The third-order valence-electron chi connectivity index (χ3n) is 3.97. The summed E-state index contributed by atoms with van der Waals surface area (Å²) in [6, 6.07) is 5.88. The van der Waals surface area contributed by atoms with Gasteiger partial charge in [0, 0.05) is 19.1 Å². The van der Waals surface area contributed by atoms with Gasteiger partial charge in [0.05, 0.1) is 15.7 Å². The highest BCUT2D eigenvalue weighted by atomic mass is 32.1. The summed E-state index contributed by atoms with van der Waals surface area (Å²) >= 11 is 1.57. The van der Waals surface area contributed by atoms with Crippen molar-refractivity contribution in [2.24, 2.45) is 16.8 Å². The van der Waals surface area contributed by atoms with Crippen molar-refractivity contribution in [1.29, 1.82) is 0 Å². The molecule has 7 heteroatoms. The van der Waals surface area contributed by atoms with Crippen molar-refractivity contribution in [2.45, 2.75) is 20.3 Å². The van der Waals surface area contributed by atoms with Gasteiger partial charge in [-0.25, -0.2) is 4.98 Å². The maximum Gasteiger partial charge on any atom is 0.274 e. The van der Waals surface area contributed by atoms with Gasteiger partial charge in [-0.1, -0.05) is 19.9 Å². The lowest BCUT2D eigenvalue weighted by atomic mass is 9.98. The molecule has 1 aromatic heterocycles. The molecule has 1 saturated heterocycles. The molecule has 1 fully saturated rings. The number of aliphatic hydroxyl groups excluding tert-OH is 1. The number of rotatable bonds is 6. The second-order valence-electron chi connectivity index (χ2n) is 6.58. The lowest BCUT2D eigenvalue weighted by Gasteiger charge is -2.13. The maximum absolute atomic E-state index is 12.1. The lowest BCUT2D eigenvalue weighted by Crippen LogP contribution is -2.27. The average Bonchev–Trinajstić information content (AvgIpc) is 3.17. The van der Waals surface area contributed by atoms with Crippen molar-refractivity contribution in [2.75, 3.05) is 13.2 Å². The highest BCUT2D eigenvalue weighted by Crippen LogP contribution is 2.20. The van der Waals surface area contributed by atoms with E-state index in [-0.39, 0.29) is 18.4 Å². The van der Waals surface area contributed by atoms with Crippen molar-refractivity contribution in [1.82, 2.24) is 15.6 Å². The summed E-state index contributed by atoms with van der Waals surface area (Å²) in [6.45, 7) is 4.82. The standard InChI is InChI=1S/C18H22N4O2S/c1-11(2)5-13(9-23)8-19-18-21-15(17(24)22-18)6-12-3-4-14-16(7-12)25-10-20-14/h3-4,6-7,10-11,13,23H,5,8-9H2,1-2H3,(H2,19,21,22,24)/b15-6-/t13-/m0/s1. The number of hydrogen-bond acceptors (Lipinski definition) is 5. The van der Waals surface area contributed by atoms with E-state index in [1.54, 1.807) is 17.4 Å². The smallest absolute Gasteiger partial charge is 0.274 e.